The number of amides is 2. The van der Waals surface area contributed by atoms with Crippen molar-refractivity contribution in [1.29, 1.82) is 0 Å². The molecule has 0 bridgehead atoms. The summed E-state index contributed by atoms with van der Waals surface area (Å²) in [6.07, 6.45) is -15.1. The lowest BCUT2D eigenvalue weighted by atomic mass is 9.91. The van der Waals surface area contributed by atoms with Gasteiger partial charge >= 0.3 is 30.5 Å². The van der Waals surface area contributed by atoms with E-state index < -0.39 is 71.4 Å². The molecule has 2 amide bonds. The van der Waals surface area contributed by atoms with Gasteiger partial charge in [-0.25, -0.2) is 9.59 Å². The summed E-state index contributed by atoms with van der Waals surface area (Å²) in [5.74, 6) is -0.907. The summed E-state index contributed by atoms with van der Waals surface area (Å²) in [5, 5.41) is 11.7. The van der Waals surface area contributed by atoms with Gasteiger partial charge < -0.3 is 20.1 Å². The van der Waals surface area contributed by atoms with Crippen LogP contribution in [0, 0.1) is 6.92 Å². The van der Waals surface area contributed by atoms with E-state index >= 15 is 0 Å². The van der Waals surface area contributed by atoms with Crippen LogP contribution >= 0.6 is 0 Å². The van der Waals surface area contributed by atoms with Crippen LogP contribution in [0.2, 0.25) is 0 Å². The van der Waals surface area contributed by atoms with Crippen LogP contribution in [0.1, 0.15) is 56.7 Å². The Morgan fingerprint density at radius 2 is 1.38 bits per heavy atom. The van der Waals surface area contributed by atoms with Crippen molar-refractivity contribution in [1.82, 2.24) is 10.2 Å². The lowest BCUT2D eigenvalue weighted by molar-refractivity contribution is -0.143. The Labute approximate surface area is 279 Å². The van der Waals surface area contributed by atoms with Gasteiger partial charge in [0, 0.05) is 12.1 Å². The lowest BCUT2D eigenvalue weighted by Crippen LogP contribution is -2.32. The van der Waals surface area contributed by atoms with Crippen LogP contribution in [0.25, 0.3) is 22.3 Å². The van der Waals surface area contributed by atoms with Gasteiger partial charge in [0.25, 0.3) is 0 Å². The van der Waals surface area contributed by atoms with E-state index in [1.165, 1.54) is 32.2 Å². The van der Waals surface area contributed by atoms with E-state index in [4.69, 9.17) is 4.74 Å². The first kappa shape index (κ1) is 36.1. The van der Waals surface area contributed by atoms with Gasteiger partial charge in [0.05, 0.1) is 41.4 Å². The van der Waals surface area contributed by atoms with Crippen molar-refractivity contribution in [3.63, 3.8) is 0 Å². The van der Waals surface area contributed by atoms with E-state index in [-0.39, 0.29) is 28.5 Å². The molecule has 264 valence electrons. The number of carboxylic acid groups (broad SMARTS) is 1. The first-order chi connectivity index (χ1) is 23.2. The highest BCUT2D eigenvalue weighted by molar-refractivity contribution is 5.89. The van der Waals surface area contributed by atoms with Gasteiger partial charge in [0.1, 0.15) is 5.75 Å². The number of ether oxygens (including phenoxy) is 1. The van der Waals surface area contributed by atoms with Crippen LogP contribution < -0.4 is 10.1 Å². The first-order valence-corrected chi connectivity index (χ1v) is 14.8. The normalized spacial score (nSPS) is 16.8. The number of alkyl halides is 9. The maximum atomic E-state index is 13.9. The van der Waals surface area contributed by atoms with Crippen molar-refractivity contribution in [2.45, 2.75) is 51.0 Å². The number of carbonyl (C=O) groups excluding carboxylic acids is 1. The fraction of sp³-hybridized carbons (Fsp3) is 0.257. The molecule has 1 aliphatic heterocycles. The average Bonchev–Trinajstić information content (AvgIpc) is 3.31. The number of nitrogens with one attached hydrogen (secondary N) is 1. The molecule has 2 N–H and O–H groups in total. The van der Waals surface area contributed by atoms with Gasteiger partial charge in [-0.05, 0) is 102 Å². The lowest BCUT2D eigenvalue weighted by Gasteiger charge is -2.26. The Hall–Kier alpha value is -5.21. The molecule has 1 saturated heterocycles. The van der Waals surface area contributed by atoms with Crippen molar-refractivity contribution in [2.24, 2.45) is 0 Å². The van der Waals surface area contributed by atoms with Crippen LogP contribution in [0.4, 0.5) is 44.3 Å². The number of methoxy groups -OCH3 is 1. The number of urea groups is 1. The van der Waals surface area contributed by atoms with Crippen molar-refractivity contribution in [3.8, 4) is 28.0 Å². The second kappa shape index (κ2) is 12.9. The summed E-state index contributed by atoms with van der Waals surface area (Å²) in [7, 11) is 1.33. The van der Waals surface area contributed by atoms with E-state index in [9.17, 15) is 54.2 Å². The number of benzene rings is 4. The largest absolute Gasteiger partial charge is 0.496 e. The van der Waals surface area contributed by atoms with Crippen LogP contribution in [0.15, 0.2) is 72.8 Å². The van der Waals surface area contributed by atoms with Gasteiger partial charge in [0.2, 0.25) is 0 Å². The molecule has 1 fully saturated rings. The van der Waals surface area contributed by atoms with Gasteiger partial charge in [0.15, 0.2) is 0 Å². The van der Waals surface area contributed by atoms with Gasteiger partial charge in [-0.2, -0.15) is 39.5 Å². The highest BCUT2D eigenvalue weighted by atomic mass is 19.4. The highest BCUT2D eigenvalue weighted by Gasteiger charge is 2.42. The zero-order chi connectivity index (χ0) is 36.9. The molecule has 4 aromatic rings. The number of rotatable bonds is 7. The maximum absolute atomic E-state index is 13.9. The van der Waals surface area contributed by atoms with Crippen LogP contribution in [0.3, 0.4) is 0 Å². The van der Waals surface area contributed by atoms with Crippen molar-refractivity contribution >= 4 is 12.0 Å². The number of carbonyl (C=O) groups is 2. The fourth-order valence-corrected chi connectivity index (χ4v) is 5.99. The smallest absolute Gasteiger partial charge is 0.416 e. The number of halogens is 9. The summed E-state index contributed by atoms with van der Waals surface area (Å²) >= 11 is 0. The Morgan fingerprint density at radius 3 is 1.92 bits per heavy atom. The molecule has 0 unspecified atom stereocenters. The number of carboxylic acids is 1. The molecule has 0 saturated carbocycles. The molecule has 6 nitrogen and oxygen atoms in total. The van der Waals surface area contributed by atoms with E-state index in [1.807, 2.05) is 0 Å². The second-order valence-electron chi connectivity index (χ2n) is 11.8. The third-order valence-electron chi connectivity index (χ3n) is 8.53. The second-order valence-corrected chi connectivity index (χ2v) is 11.8. The van der Waals surface area contributed by atoms with E-state index in [2.05, 4.69) is 5.32 Å². The molecule has 1 aliphatic rings. The highest BCUT2D eigenvalue weighted by Crippen LogP contribution is 2.42. The molecule has 50 heavy (non-hydrogen) atoms. The molecule has 4 aromatic carbocycles. The molecule has 15 heteroatoms. The standard InChI is InChI=1S/C35H27F9N2O4/c1-17-10-20(31(47)48)4-7-26(17)19-5-9-29(50-3)28(14-19)27-8-6-23(33(36,37)38)13-22(27)16-46-18(2)30(45-32(46)49)21-11-24(34(39,40)41)15-25(12-21)35(42,43)44/h4-15,18,30H,16H2,1-3H3,(H,45,49)(H,47,48)/t18-,30-/m0/s1. The van der Waals surface area contributed by atoms with Crippen LogP contribution in [-0.2, 0) is 25.1 Å². The Kier molecular flexibility index (Phi) is 9.32. The quantitative estimate of drug-likeness (QED) is 0.187. The predicted molar refractivity (Wildman–Crippen MR) is 163 cm³/mol. The third-order valence-corrected chi connectivity index (χ3v) is 8.53. The van der Waals surface area contributed by atoms with Gasteiger partial charge in [-0.1, -0.05) is 18.2 Å². The molecular formula is C35H27F9N2O4. The fourth-order valence-electron chi connectivity index (χ4n) is 5.99. The maximum Gasteiger partial charge on any atom is 0.416 e. The van der Waals surface area contributed by atoms with E-state index in [1.54, 1.807) is 31.2 Å². The molecule has 0 spiro atoms. The van der Waals surface area contributed by atoms with Crippen molar-refractivity contribution < 1.29 is 58.9 Å². The summed E-state index contributed by atoms with van der Waals surface area (Å²) in [6.45, 7) is 2.52. The summed E-state index contributed by atoms with van der Waals surface area (Å²) in [4.78, 5) is 25.7. The number of hydrogen-bond acceptors (Lipinski definition) is 3. The van der Waals surface area contributed by atoms with Gasteiger partial charge in [-0.3, -0.25) is 0 Å². The third kappa shape index (κ3) is 7.21. The SMILES string of the molecule is COc1ccc(-c2ccc(C(=O)O)cc2C)cc1-c1ccc(C(F)(F)F)cc1CN1C(=O)N[C@H](c2cc(C(F)(F)F)cc(C(F)(F)F)c2)[C@@H]1C. The monoisotopic (exact) mass is 710 g/mol. The Bertz CT molecular complexity index is 1940. The summed E-state index contributed by atoms with van der Waals surface area (Å²) in [6, 6.07) is 9.62. The molecule has 0 radical (unpaired) electrons. The molecule has 0 aromatic heterocycles. The summed E-state index contributed by atoms with van der Waals surface area (Å²) < 4.78 is 129. The molecule has 5 rings (SSSR count). The topological polar surface area (TPSA) is 78.9 Å². The predicted octanol–water partition coefficient (Wildman–Crippen LogP) is 9.75. The first-order valence-electron chi connectivity index (χ1n) is 14.8. The zero-order valence-electron chi connectivity index (χ0n) is 26.3. The number of aryl methyl sites for hydroxylation is 1. The number of hydrogen-bond donors (Lipinski definition) is 2. The minimum atomic E-state index is -5.14. The number of nitrogens with zero attached hydrogens (tertiary/aromatic N) is 1. The molecule has 1 heterocycles. The average molecular weight is 711 g/mol. The van der Waals surface area contributed by atoms with E-state index in [0.29, 0.717) is 34.4 Å². The van der Waals surface area contributed by atoms with Crippen molar-refractivity contribution in [3.05, 3.63) is 112 Å². The van der Waals surface area contributed by atoms with E-state index in [0.717, 1.165) is 17.0 Å². The Morgan fingerprint density at radius 1 is 0.780 bits per heavy atom. The van der Waals surface area contributed by atoms with Gasteiger partial charge in [-0.15, -0.1) is 0 Å². The van der Waals surface area contributed by atoms with Crippen molar-refractivity contribution in [2.75, 3.05) is 7.11 Å². The molecule has 2 atom stereocenters. The molecular weight excluding hydrogens is 683 g/mol. The minimum Gasteiger partial charge on any atom is -0.496 e. The Balaban J connectivity index is 1.59. The summed E-state index contributed by atoms with van der Waals surface area (Å²) in [5.41, 5.74) is -2.47. The zero-order valence-corrected chi connectivity index (χ0v) is 26.3. The van der Waals surface area contributed by atoms with Crippen LogP contribution in [-0.4, -0.2) is 35.2 Å². The van der Waals surface area contributed by atoms with Crippen LogP contribution in [0.5, 0.6) is 5.75 Å². The minimum absolute atomic E-state index is 0.0405. The molecule has 0 aliphatic carbocycles. The number of aromatic carboxylic acids is 1.